The molecule has 5 nitrogen and oxygen atoms in total. The van der Waals surface area contributed by atoms with Crippen LogP contribution in [-0.4, -0.2) is 16.9 Å². The molecule has 0 bridgehead atoms. The molecule has 1 heterocycles. The summed E-state index contributed by atoms with van der Waals surface area (Å²) < 4.78 is 5.41. The summed E-state index contributed by atoms with van der Waals surface area (Å²) in [4.78, 5) is 16.6. The van der Waals surface area contributed by atoms with Crippen molar-refractivity contribution in [1.29, 1.82) is 0 Å². The van der Waals surface area contributed by atoms with Crippen LogP contribution in [0.15, 0.2) is 34.9 Å². The second kappa shape index (κ2) is 6.64. The van der Waals surface area contributed by atoms with Gasteiger partial charge < -0.3 is 15.5 Å². The molecule has 0 aliphatic heterocycles. The molecule has 22 heavy (non-hydrogen) atoms. The van der Waals surface area contributed by atoms with Gasteiger partial charge in [-0.2, -0.15) is 0 Å². The van der Waals surface area contributed by atoms with Crippen LogP contribution in [0.3, 0.4) is 0 Å². The van der Waals surface area contributed by atoms with Gasteiger partial charge in [-0.3, -0.25) is 4.79 Å². The predicted molar refractivity (Wildman–Crippen MR) is 85.3 cm³/mol. The first kappa shape index (κ1) is 14.6. The Morgan fingerprint density at radius 1 is 1.18 bits per heavy atom. The van der Waals surface area contributed by atoms with E-state index in [1.54, 1.807) is 6.07 Å². The third-order valence-electron chi connectivity index (χ3n) is 4.12. The van der Waals surface area contributed by atoms with Crippen LogP contribution in [0.25, 0.3) is 11.5 Å². The summed E-state index contributed by atoms with van der Waals surface area (Å²) in [5, 5.41) is 3.06. The van der Waals surface area contributed by atoms with E-state index in [1.807, 2.05) is 18.2 Å². The molecular weight excluding hydrogens is 278 g/mol. The molecule has 2 aromatic rings. The number of hydrogen-bond donors (Lipinski definition) is 2. The number of carbonyl (C=O) groups is 1. The largest absolute Gasteiger partial charge is 0.444 e. The molecule has 0 atom stereocenters. The summed E-state index contributed by atoms with van der Waals surface area (Å²) in [7, 11) is 0. The highest BCUT2D eigenvalue weighted by Gasteiger charge is 2.19. The zero-order valence-electron chi connectivity index (χ0n) is 12.5. The number of nitrogens with one attached hydrogen (secondary N) is 1. The van der Waals surface area contributed by atoms with Gasteiger partial charge in [-0.15, -0.1) is 0 Å². The summed E-state index contributed by atoms with van der Waals surface area (Å²) in [5.74, 6) is 0.209. The molecule has 3 N–H and O–H groups in total. The van der Waals surface area contributed by atoms with Crippen LogP contribution < -0.4 is 11.1 Å². The van der Waals surface area contributed by atoms with Gasteiger partial charge >= 0.3 is 0 Å². The van der Waals surface area contributed by atoms with Crippen molar-refractivity contribution in [3.8, 4) is 11.5 Å². The van der Waals surface area contributed by atoms with Crippen LogP contribution in [-0.2, 0) is 0 Å². The van der Waals surface area contributed by atoms with E-state index in [4.69, 9.17) is 10.2 Å². The normalized spacial score (nSPS) is 16.2. The number of oxazole rings is 1. The maximum Gasteiger partial charge on any atom is 0.273 e. The highest BCUT2D eigenvalue weighted by atomic mass is 16.3. The number of benzene rings is 1. The zero-order chi connectivity index (χ0) is 15.4. The van der Waals surface area contributed by atoms with E-state index in [0.29, 0.717) is 22.8 Å². The first-order chi connectivity index (χ1) is 10.7. The highest BCUT2D eigenvalue weighted by Crippen LogP contribution is 2.24. The van der Waals surface area contributed by atoms with Gasteiger partial charge in [-0.05, 0) is 25.0 Å². The van der Waals surface area contributed by atoms with Crippen molar-refractivity contribution in [2.45, 2.75) is 44.6 Å². The van der Waals surface area contributed by atoms with E-state index in [1.165, 1.54) is 31.9 Å². The van der Waals surface area contributed by atoms with Crippen molar-refractivity contribution in [2.75, 3.05) is 5.73 Å². The number of nitrogens with two attached hydrogens (primary N) is 1. The fourth-order valence-electron chi connectivity index (χ4n) is 2.88. The minimum absolute atomic E-state index is 0.170. The average Bonchev–Trinajstić information content (AvgIpc) is 2.87. The van der Waals surface area contributed by atoms with Crippen LogP contribution in [0.1, 0.15) is 49.0 Å². The van der Waals surface area contributed by atoms with Gasteiger partial charge in [0.2, 0.25) is 5.89 Å². The molecule has 1 aliphatic carbocycles. The van der Waals surface area contributed by atoms with Gasteiger partial charge in [-0.1, -0.05) is 37.8 Å². The van der Waals surface area contributed by atoms with Crippen molar-refractivity contribution < 1.29 is 9.21 Å². The number of nitrogen functional groups attached to an aromatic ring is 1. The number of rotatable bonds is 3. The molecule has 1 aromatic heterocycles. The second-order valence-corrected chi connectivity index (χ2v) is 5.79. The summed E-state index contributed by atoms with van der Waals surface area (Å²) >= 11 is 0. The number of carbonyl (C=O) groups excluding carboxylic acids is 1. The molecule has 116 valence electrons. The van der Waals surface area contributed by atoms with Crippen molar-refractivity contribution >= 4 is 11.6 Å². The van der Waals surface area contributed by atoms with Gasteiger partial charge in [0, 0.05) is 11.7 Å². The molecule has 1 fully saturated rings. The molecule has 1 aromatic carbocycles. The number of hydrogen-bond acceptors (Lipinski definition) is 4. The Morgan fingerprint density at radius 2 is 1.91 bits per heavy atom. The fourth-order valence-corrected chi connectivity index (χ4v) is 2.88. The Kier molecular flexibility index (Phi) is 4.42. The predicted octanol–water partition coefficient (Wildman–Crippen LogP) is 3.38. The van der Waals surface area contributed by atoms with E-state index >= 15 is 0 Å². The maximum absolute atomic E-state index is 12.3. The second-order valence-electron chi connectivity index (χ2n) is 5.79. The number of nitrogens with zero attached hydrogens (tertiary/aromatic N) is 1. The molecule has 0 unspecified atom stereocenters. The van der Waals surface area contributed by atoms with E-state index in [0.717, 1.165) is 12.8 Å². The van der Waals surface area contributed by atoms with Gasteiger partial charge in [0.05, 0.1) is 5.56 Å². The van der Waals surface area contributed by atoms with E-state index < -0.39 is 0 Å². The molecule has 0 radical (unpaired) electrons. The Balaban J connectivity index is 1.70. The van der Waals surface area contributed by atoms with Gasteiger partial charge in [0.1, 0.15) is 6.26 Å². The van der Waals surface area contributed by atoms with E-state index in [-0.39, 0.29) is 11.9 Å². The monoisotopic (exact) mass is 299 g/mol. The lowest BCUT2D eigenvalue weighted by Crippen LogP contribution is -2.34. The highest BCUT2D eigenvalue weighted by molar-refractivity contribution is 5.92. The number of aromatic nitrogens is 1. The molecule has 1 aliphatic rings. The number of amides is 1. The van der Waals surface area contributed by atoms with Crippen LogP contribution >= 0.6 is 0 Å². The molecule has 5 heteroatoms. The number of anilines is 1. The molecule has 3 rings (SSSR count). The maximum atomic E-state index is 12.3. The first-order valence-corrected chi connectivity index (χ1v) is 7.85. The molecule has 1 amide bonds. The Bertz CT molecular complexity index is 643. The standard InChI is InChI=1S/C17H21N3O2/c18-14-10-6-5-9-13(14)17-20-15(11-22-17)16(21)19-12-7-3-1-2-4-8-12/h5-6,9-12H,1-4,7-8,18H2,(H,19,21). The molecule has 0 saturated heterocycles. The third kappa shape index (κ3) is 3.30. The summed E-state index contributed by atoms with van der Waals surface area (Å²) in [6.07, 6.45) is 8.35. The summed E-state index contributed by atoms with van der Waals surface area (Å²) in [6.45, 7) is 0. The summed E-state index contributed by atoms with van der Waals surface area (Å²) in [5.41, 5.74) is 7.50. The van der Waals surface area contributed by atoms with Gasteiger partial charge in [-0.25, -0.2) is 4.98 Å². The smallest absolute Gasteiger partial charge is 0.273 e. The van der Waals surface area contributed by atoms with Crippen LogP contribution in [0.5, 0.6) is 0 Å². The first-order valence-electron chi connectivity index (χ1n) is 7.85. The Hall–Kier alpha value is -2.30. The van der Waals surface area contributed by atoms with Gasteiger partial charge in [0.25, 0.3) is 5.91 Å². The van der Waals surface area contributed by atoms with E-state index in [2.05, 4.69) is 10.3 Å². The number of para-hydroxylation sites is 1. The van der Waals surface area contributed by atoms with Crippen molar-refractivity contribution in [3.05, 3.63) is 36.2 Å². The minimum Gasteiger partial charge on any atom is -0.444 e. The fraction of sp³-hybridized carbons (Fsp3) is 0.412. The van der Waals surface area contributed by atoms with Crippen LogP contribution in [0.4, 0.5) is 5.69 Å². The lowest BCUT2D eigenvalue weighted by atomic mass is 10.1. The van der Waals surface area contributed by atoms with E-state index in [9.17, 15) is 4.79 Å². The SMILES string of the molecule is Nc1ccccc1-c1nc(C(=O)NC2CCCCCC2)co1. The lowest BCUT2D eigenvalue weighted by molar-refractivity contribution is 0.0928. The molecular formula is C17H21N3O2. The quantitative estimate of drug-likeness (QED) is 0.672. The average molecular weight is 299 g/mol. The molecule has 1 saturated carbocycles. The minimum atomic E-state index is -0.170. The Labute approximate surface area is 129 Å². The van der Waals surface area contributed by atoms with Crippen LogP contribution in [0.2, 0.25) is 0 Å². The van der Waals surface area contributed by atoms with Crippen molar-refractivity contribution in [2.24, 2.45) is 0 Å². The van der Waals surface area contributed by atoms with Crippen LogP contribution in [0, 0.1) is 0 Å². The van der Waals surface area contributed by atoms with Crippen molar-refractivity contribution in [3.63, 3.8) is 0 Å². The van der Waals surface area contributed by atoms with Gasteiger partial charge in [0.15, 0.2) is 5.69 Å². The topological polar surface area (TPSA) is 81.1 Å². The Morgan fingerprint density at radius 3 is 2.64 bits per heavy atom. The van der Waals surface area contributed by atoms with Crippen molar-refractivity contribution in [1.82, 2.24) is 10.3 Å². The molecule has 0 spiro atoms. The third-order valence-corrected chi connectivity index (χ3v) is 4.12. The summed E-state index contributed by atoms with van der Waals surface area (Å²) in [6, 6.07) is 7.57. The lowest BCUT2D eigenvalue weighted by Gasteiger charge is -2.14. The zero-order valence-corrected chi connectivity index (χ0v) is 12.5.